The molecule has 2 rings (SSSR count). The Balaban J connectivity index is 1.78. The van der Waals surface area contributed by atoms with Gasteiger partial charge in [0, 0.05) is 38.7 Å². The van der Waals surface area contributed by atoms with Gasteiger partial charge in [-0.1, -0.05) is 6.92 Å². The van der Waals surface area contributed by atoms with Gasteiger partial charge >= 0.3 is 0 Å². The van der Waals surface area contributed by atoms with Crippen LogP contribution in [0, 0.1) is 5.92 Å². The summed E-state index contributed by atoms with van der Waals surface area (Å²) in [7, 11) is 0. The predicted molar refractivity (Wildman–Crippen MR) is 93.7 cm³/mol. The first kappa shape index (κ1) is 17.5. The van der Waals surface area contributed by atoms with Crippen LogP contribution in [0.1, 0.15) is 46.0 Å². The van der Waals surface area contributed by atoms with E-state index in [2.05, 4.69) is 32.4 Å². The minimum absolute atomic E-state index is 0.178. The number of nitrogens with one attached hydrogen (secondary N) is 2. The summed E-state index contributed by atoms with van der Waals surface area (Å²) < 4.78 is 0. The van der Waals surface area contributed by atoms with E-state index >= 15 is 0 Å². The van der Waals surface area contributed by atoms with E-state index < -0.39 is 0 Å². The molecule has 0 spiro atoms. The van der Waals surface area contributed by atoms with Gasteiger partial charge in [-0.05, 0) is 38.5 Å². The van der Waals surface area contributed by atoms with Gasteiger partial charge in [0.2, 0.25) is 5.91 Å². The molecule has 128 valence electrons. The summed E-state index contributed by atoms with van der Waals surface area (Å²) in [5.74, 6) is 2.72. The van der Waals surface area contributed by atoms with Crippen LogP contribution in [0.2, 0.25) is 0 Å². The second kappa shape index (κ2) is 9.33. The molecular weight excluding hydrogens is 290 g/mol. The van der Waals surface area contributed by atoms with Crippen LogP contribution in [0.5, 0.6) is 0 Å². The number of hydrogen-bond donors (Lipinski definition) is 2. The highest BCUT2D eigenvalue weighted by atomic mass is 16.1. The average molecular weight is 319 g/mol. The second-order valence-electron chi connectivity index (χ2n) is 6.11. The summed E-state index contributed by atoms with van der Waals surface area (Å²) in [5, 5.41) is 6.17. The quantitative estimate of drug-likeness (QED) is 0.770. The van der Waals surface area contributed by atoms with Gasteiger partial charge in [-0.25, -0.2) is 9.97 Å². The average Bonchev–Trinajstić information content (AvgIpc) is 2.59. The van der Waals surface area contributed by atoms with Crippen LogP contribution < -0.4 is 15.5 Å². The number of aromatic nitrogens is 2. The zero-order valence-corrected chi connectivity index (χ0v) is 14.3. The number of piperidine rings is 1. The molecule has 0 atom stereocenters. The van der Waals surface area contributed by atoms with Crippen molar-refractivity contribution in [1.29, 1.82) is 0 Å². The topological polar surface area (TPSA) is 70.2 Å². The Hall–Kier alpha value is -1.85. The number of amides is 1. The molecule has 1 fully saturated rings. The van der Waals surface area contributed by atoms with Crippen LogP contribution in [0.25, 0.3) is 0 Å². The number of anilines is 2. The van der Waals surface area contributed by atoms with Crippen LogP contribution in [-0.2, 0) is 4.79 Å². The van der Waals surface area contributed by atoms with Gasteiger partial charge in [0.1, 0.15) is 18.0 Å². The smallest absolute Gasteiger partial charge is 0.219 e. The van der Waals surface area contributed by atoms with Crippen molar-refractivity contribution in [3.05, 3.63) is 12.4 Å². The largest absolute Gasteiger partial charge is 0.370 e. The minimum atomic E-state index is 0.178. The van der Waals surface area contributed by atoms with E-state index in [4.69, 9.17) is 0 Å². The molecule has 1 aliphatic heterocycles. The number of carbonyl (C=O) groups excluding carboxylic acids is 1. The van der Waals surface area contributed by atoms with Crippen LogP contribution in [0.15, 0.2) is 12.4 Å². The lowest BCUT2D eigenvalue weighted by molar-refractivity contribution is -0.121. The van der Waals surface area contributed by atoms with Crippen molar-refractivity contribution in [3.63, 3.8) is 0 Å². The van der Waals surface area contributed by atoms with Crippen molar-refractivity contribution in [2.24, 2.45) is 5.92 Å². The summed E-state index contributed by atoms with van der Waals surface area (Å²) in [4.78, 5) is 22.5. The van der Waals surface area contributed by atoms with E-state index in [1.807, 2.05) is 13.0 Å². The maximum Gasteiger partial charge on any atom is 0.219 e. The van der Waals surface area contributed by atoms with Crippen LogP contribution in [0.3, 0.4) is 0 Å². The van der Waals surface area contributed by atoms with Crippen LogP contribution in [-0.4, -0.2) is 42.1 Å². The van der Waals surface area contributed by atoms with Crippen molar-refractivity contribution in [2.45, 2.75) is 46.0 Å². The van der Waals surface area contributed by atoms with Gasteiger partial charge in [0.25, 0.3) is 0 Å². The molecule has 0 unspecified atom stereocenters. The SMILES string of the molecule is CCCNc1cc(N2CCC(CCC(=O)NCC)CC2)ncn1. The predicted octanol–water partition coefficient (Wildman–Crippen LogP) is 2.43. The molecule has 2 heterocycles. The third-order valence-electron chi connectivity index (χ3n) is 4.30. The molecule has 0 radical (unpaired) electrons. The molecule has 0 aromatic carbocycles. The van der Waals surface area contributed by atoms with E-state index in [1.165, 1.54) is 0 Å². The highest BCUT2D eigenvalue weighted by Crippen LogP contribution is 2.25. The van der Waals surface area contributed by atoms with Crippen molar-refractivity contribution in [1.82, 2.24) is 15.3 Å². The Morgan fingerprint density at radius 3 is 2.78 bits per heavy atom. The molecule has 0 saturated carbocycles. The van der Waals surface area contributed by atoms with E-state index in [0.717, 1.165) is 63.5 Å². The molecule has 6 heteroatoms. The van der Waals surface area contributed by atoms with Crippen molar-refractivity contribution < 1.29 is 4.79 Å². The lowest BCUT2D eigenvalue weighted by Crippen LogP contribution is -2.34. The zero-order chi connectivity index (χ0) is 16.5. The number of carbonyl (C=O) groups is 1. The summed E-state index contributed by atoms with van der Waals surface area (Å²) >= 11 is 0. The number of hydrogen-bond acceptors (Lipinski definition) is 5. The normalized spacial score (nSPS) is 15.5. The number of rotatable bonds is 8. The monoisotopic (exact) mass is 319 g/mol. The lowest BCUT2D eigenvalue weighted by atomic mass is 9.92. The fourth-order valence-electron chi connectivity index (χ4n) is 2.94. The third kappa shape index (κ3) is 5.69. The zero-order valence-electron chi connectivity index (χ0n) is 14.3. The Morgan fingerprint density at radius 1 is 1.30 bits per heavy atom. The molecule has 1 saturated heterocycles. The first-order valence-electron chi connectivity index (χ1n) is 8.80. The van der Waals surface area contributed by atoms with E-state index in [9.17, 15) is 4.79 Å². The molecule has 2 N–H and O–H groups in total. The molecule has 0 aliphatic carbocycles. The fourth-order valence-corrected chi connectivity index (χ4v) is 2.94. The van der Waals surface area contributed by atoms with Gasteiger partial charge in [0.05, 0.1) is 0 Å². The first-order chi connectivity index (χ1) is 11.2. The maximum atomic E-state index is 11.5. The molecule has 23 heavy (non-hydrogen) atoms. The highest BCUT2D eigenvalue weighted by molar-refractivity contribution is 5.75. The molecular formula is C17H29N5O. The van der Waals surface area contributed by atoms with Gasteiger partial charge < -0.3 is 15.5 Å². The van der Waals surface area contributed by atoms with Crippen LogP contribution >= 0.6 is 0 Å². The summed E-state index contributed by atoms with van der Waals surface area (Å²) in [5.41, 5.74) is 0. The molecule has 0 bridgehead atoms. The maximum absolute atomic E-state index is 11.5. The molecule has 1 aromatic heterocycles. The van der Waals surface area contributed by atoms with E-state index in [1.54, 1.807) is 6.33 Å². The van der Waals surface area contributed by atoms with Crippen molar-refractivity contribution >= 4 is 17.5 Å². The summed E-state index contributed by atoms with van der Waals surface area (Å²) in [6, 6.07) is 2.03. The van der Waals surface area contributed by atoms with Crippen molar-refractivity contribution in [3.8, 4) is 0 Å². The third-order valence-corrected chi connectivity index (χ3v) is 4.30. The van der Waals surface area contributed by atoms with Crippen LogP contribution in [0.4, 0.5) is 11.6 Å². The standard InChI is InChI=1S/C17H29N5O/c1-3-9-19-15-12-16(21-13-20-15)22-10-7-14(8-11-22)5-6-17(23)18-4-2/h12-14H,3-11H2,1-2H3,(H,18,23)(H,19,20,21). The molecule has 6 nitrogen and oxygen atoms in total. The van der Waals surface area contributed by atoms with Gasteiger partial charge in [-0.2, -0.15) is 0 Å². The highest BCUT2D eigenvalue weighted by Gasteiger charge is 2.21. The summed E-state index contributed by atoms with van der Waals surface area (Å²) in [6.07, 6.45) is 6.61. The molecule has 1 aromatic rings. The van der Waals surface area contributed by atoms with Gasteiger partial charge in [-0.3, -0.25) is 4.79 Å². The molecule has 1 aliphatic rings. The Labute approximate surface area is 139 Å². The Morgan fingerprint density at radius 2 is 2.09 bits per heavy atom. The first-order valence-corrected chi connectivity index (χ1v) is 8.80. The summed E-state index contributed by atoms with van der Waals surface area (Å²) in [6.45, 7) is 7.76. The number of nitrogens with zero attached hydrogens (tertiary/aromatic N) is 3. The minimum Gasteiger partial charge on any atom is -0.370 e. The molecule has 1 amide bonds. The second-order valence-corrected chi connectivity index (χ2v) is 6.11. The van der Waals surface area contributed by atoms with Gasteiger partial charge in [-0.15, -0.1) is 0 Å². The van der Waals surface area contributed by atoms with Crippen molar-refractivity contribution in [2.75, 3.05) is 36.4 Å². The Kier molecular flexibility index (Phi) is 7.10. The fraction of sp³-hybridized carbons (Fsp3) is 0.706. The lowest BCUT2D eigenvalue weighted by Gasteiger charge is -2.32. The van der Waals surface area contributed by atoms with Gasteiger partial charge in [0.15, 0.2) is 0 Å². The van der Waals surface area contributed by atoms with E-state index in [0.29, 0.717) is 12.3 Å². The van der Waals surface area contributed by atoms with E-state index in [-0.39, 0.29) is 5.91 Å². The Bertz CT molecular complexity index is 486.